The van der Waals surface area contributed by atoms with Gasteiger partial charge in [0.2, 0.25) is 5.91 Å². The zero-order chi connectivity index (χ0) is 13.0. The second-order valence-electron chi connectivity index (χ2n) is 4.33. The van der Waals surface area contributed by atoms with Crippen molar-refractivity contribution in [2.45, 2.75) is 13.0 Å². The van der Waals surface area contributed by atoms with Crippen molar-refractivity contribution in [3.05, 3.63) is 48.0 Å². The van der Waals surface area contributed by atoms with Crippen LogP contribution in [0.4, 0.5) is 0 Å². The first-order valence-electron chi connectivity index (χ1n) is 5.97. The highest BCUT2D eigenvalue weighted by atomic mass is 16.5. The Morgan fingerprint density at radius 1 is 1.22 bits per heavy atom. The first-order valence-corrected chi connectivity index (χ1v) is 5.97. The molecule has 0 radical (unpaired) electrons. The number of methoxy groups -OCH3 is 1. The van der Waals surface area contributed by atoms with Gasteiger partial charge < -0.3 is 10.1 Å². The maximum Gasteiger partial charge on any atom is 0.246 e. The Balaban J connectivity index is 2.17. The molecule has 3 heteroatoms. The van der Waals surface area contributed by atoms with Gasteiger partial charge in [-0.05, 0) is 29.3 Å². The Hall–Kier alpha value is -1.87. The quantitative estimate of drug-likeness (QED) is 0.896. The molecule has 2 aromatic rings. The van der Waals surface area contributed by atoms with E-state index < -0.39 is 0 Å². The van der Waals surface area contributed by atoms with Crippen molar-refractivity contribution >= 4 is 16.7 Å². The van der Waals surface area contributed by atoms with Crippen molar-refractivity contribution in [2.75, 3.05) is 13.7 Å². The van der Waals surface area contributed by atoms with Crippen molar-refractivity contribution in [1.82, 2.24) is 5.32 Å². The van der Waals surface area contributed by atoms with Gasteiger partial charge in [-0.1, -0.05) is 36.4 Å². The first kappa shape index (κ1) is 12.6. The largest absolute Gasteiger partial charge is 0.375 e. The lowest BCUT2D eigenvalue weighted by molar-refractivity contribution is -0.125. The minimum Gasteiger partial charge on any atom is -0.375 e. The van der Waals surface area contributed by atoms with E-state index in [1.54, 1.807) is 0 Å². The predicted octanol–water partition coefficient (Wildman–Crippen LogP) is 2.66. The normalized spacial score (nSPS) is 12.3. The smallest absolute Gasteiger partial charge is 0.246 e. The van der Waals surface area contributed by atoms with E-state index in [0.29, 0.717) is 0 Å². The molecule has 0 aromatic heterocycles. The zero-order valence-electron chi connectivity index (χ0n) is 10.6. The molecule has 0 saturated carbocycles. The standard InChI is InChI=1S/C15H17NO2/c1-11(16-15(17)10-18-2)13-8-7-12-5-3-4-6-14(12)9-13/h3-9,11H,10H2,1-2H3,(H,16,17)/t11-/m0/s1. The molecule has 2 rings (SSSR count). The van der Waals surface area contributed by atoms with E-state index in [2.05, 4.69) is 29.6 Å². The van der Waals surface area contributed by atoms with Crippen LogP contribution in [0.25, 0.3) is 10.8 Å². The Morgan fingerprint density at radius 2 is 1.94 bits per heavy atom. The molecule has 3 nitrogen and oxygen atoms in total. The van der Waals surface area contributed by atoms with Crippen molar-refractivity contribution in [2.24, 2.45) is 0 Å². The van der Waals surface area contributed by atoms with Crippen molar-refractivity contribution in [1.29, 1.82) is 0 Å². The predicted molar refractivity (Wildman–Crippen MR) is 72.4 cm³/mol. The van der Waals surface area contributed by atoms with Crippen LogP contribution in [0.1, 0.15) is 18.5 Å². The summed E-state index contributed by atoms with van der Waals surface area (Å²) >= 11 is 0. The fourth-order valence-electron chi connectivity index (χ4n) is 1.97. The number of hydrogen-bond acceptors (Lipinski definition) is 2. The van der Waals surface area contributed by atoms with Gasteiger partial charge in [0.15, 0.2) is 0 Å². The number of amides is 1. The third kappa shape index (κ3) is 2.87. The van der Waals surface area contributed by atoms with Crippen LogP contribution in [0.15, 0.2) is 42.5 Å². The van der Waals surface area contributed by atoms with Crippen molar-refractivity contribution < 1.29 is 9.53 Å². The maximum atomic E-state index is 11.5. The summed E-state index contributed by atoms with van der Waals surface area (Å²) in [5, 5.41) is 5.29. The van der Waals surface area contributed by atoms with E-state index in [9.17, 15) is 4.79 Å². The van der Waals surface area contributed by atoms with Crippen LogP contribution in [-0.4, -0.2) is 19.6 Å². The number of carbonyl (C=O) groups is 1. The molecule has 0 aliphatic rings. The molecule has 1 N–H and O–H groups in total. The Kier molecular flexibility index (Phi) is 3.95. The lowest BCUT2D eigenvalue weighted by atomic mass is 10.0. The van der Waals surface area contributed by atoms with E-state index in [-0.39, 0.29) is 18.6 Å². The van der Waals surface area contributed by atoms with Gasteiger partial charge in [0.05, 0.1) is 6.04 Å². The molecular formula is C15H17NO2. The van der Waals surface area contributed by atoms with Gasteiger partial charge in [-0.25, -0.2) is 0 Å². The summed E-state index contributed by atoms with van der Waals surface area (Å²) in [5.41, 5.74) is 1.10. The second-order valence-corrected chi connectivity index (χ2v) is 4.33. The molecule has 1 amide bonds. The summed E-state index contributed by atoms with van der Waals surface area (Å²) < 4.78 is 4.80. The molecular weight excluding hydrogens is 226 g/mol. The molecule has 0 aliphatic carbocycles. The van der Waals surface area contributed by atoms with Crippen molar-refractivity contribution in [3.63, 3.8) is 0 Å². The van der Waals surface area contributed by atoms with Crippen LogP contribution in [0, 0.1) is 0 Å². The van der Waals surface area contributed by atoms with Gasteiger partial charge in [0, 0.05) is 7.11 Å². The minimum atomic E-state index is -0.0989. The zero-order valence-corrected chi connectivity index (χ0v) is 10.6. The van der Waals surface area contributed by atoms with Crippen molar-refractivity contribution in [3.8, 4) is 0 Å². The number of fused-ring (bicyclic) bond motifs is 1. The summed E-state index contributed by atoms with van der Waals surface area (Å²) in [6.07, 6.45) is 0. The third-order valence-corrected chi connectivity index (χ3v) is 2.93. The SMILES string of the molecule is COCC(=O)N[C@@H](C)c1ccc2ccccc2c1. The Bertz CT molecular complexity index is 551. The molecule has 0 heterocycles. The summed E-state index contributed by atoms with van der Waals surface area (Å²) in [5.74, 6) is -0.0989. The van der Waals surface area contributed by atoms with E-state index in [1.165, 1.54) is 17.9 Å². The summed E-state index contributed by atoms with van der Waals surface area (Å²) in [4.78, 5) is 11.5. The molecule has 0 bridgehead atoms. The summed E-state index contributed by atoms with van der Waals surface area (Å²) in [7, 11) is 1.51. The molecule has 0 saturated heterocycles. The fraction of sp³-hybridized carbons (Fsp3) is 0.267. The van der Waals surface area contributed by atoms with Gasteiger partial charge in [-0.3, -0.25) is 4.79 Å². The third-order valence-electron chi connectivity index (χ3n) is 2.93. The number of hydrogen-bond donors (Lipinski definition) is 1. The molecule has 0 fully saturated rings. The first-order chi connectivity index (χ1) is 8.70. The van der Waals surface area contributed by atoms with E-state index in [1.807, 2.05) is 25.1 Å². The van der Waals surface area contributed by atoms with Gasteiger partial charge in [-0.2, -0.15) is 0 Å². The number of nitrogens with one attached hydrogen (secondary N) is 1. The highest BCUT2D eigenvalue weighted by molar-refractivity contribution is 5.83. The molecule has 1 atom stereocenters. The van der Waals surface area contributed by atoms with Crippen LogP contribution >= 0.6 is 0 Å². The van der Waals surface area contributed by atoms with Crippen LogP contribution in [0.2, 0.25) is 0 Å². The fourth-order valence-corrected chi connectivity index (χ4v) is 1.97. The molecule has 2 aromatic carbocycles. The molecule has 0 spiro atoms. The summed E-state index contributed by atoms with van der Waals surface area (Å²) in [6.45, 7) is 2.07. The number of benzene rings is 2. The number of ether oxygens (including phenoxy) is 1. The minimum absolute atomic E-state index is 0.0164. The molecule has 0 unspecified atom stereocenters. The highest BCUT2D eigenvalue weighted by Gasteiger charge is 2.09. The molecule has 18 heavy (non-hydrogen) atoms. The maximum absolute atomic E-state index is 11.5. The van der Waals surface area contributed by atoms with Crippen LogP contribution < -0.4 is 5.32 Å². The van der Waals surface area contributed by atoms with Gasteiger partial charge in [0.1, 0.15) is 6.61 Å². The van der Waals surface area contributed by atoms with Crippen LogP contribution in [0.5, 0.6) is 0 Å². The van der Waals surface area contributed by atoms with E-state index >= 15 is 0 Å². The highest BCUT2D eigenvalue weighted by Crippen LogP contribution is 2.20. The lowest BCUT2D eigenvalue weighted by Crippen LogP contribution is -2.29. The van der Waals surface area contributed by atoms with Crippen LogP contribution in [0.3, 0.4) is 0 Å². The average Bonchev–Trinajstić information content (AvgIpc) is 2.38. The lowest BCUT2D eigenvalue weighted by Gasteiger charge is -2.14. The summed E-state index contributed by atoms with van der Waals surface area (Å²) in [6, 6.07) is 14.4. The van der Waals surface area contributed by atoms with Gasteiger partial charge in [-0.15, -0.1) is 0 Å². The average molecular weight is 243 g/mol. The van der Waals surface area contributed by atoms with E-state index in [4.69, 9.17) is 4.74 Å². The molecule has 0 aliphatic heterocycles. The number of carbonyl (C=O) groups excluding carboxylic acids is 1. The Morgan fingerprint density at radius 3 is 2.67 bits per heavy atom. The topological polar surface area (TPSA) is 38.3 Å². The monoisotopic (exact) mass is 243 g/mol. The number of rotatable bonds is 4. The van der Waals surface area contributed by atoms with E-state index in [0.717, 1.165) is 5.56 Å². The molecule has 94 valence electrons. The van der Waals surface area contributed by atoms with Gasteiger partial charge >= 0.3 is 0 Å². The Labute approximate surface area is 107 Å². The van der Waals surface area contributed by atoms with Gasteiger partial charge in [0.25, 0.3) is 0 Å². The second kappa shape index (κ2) is 5.65. The van der Waals surface area contributed by atoms with Crippen LogP contribution in [-0.2, 0) is 9.53 Å².